The number of ether oxygens (including phenoxy) is 1. The molecule has 3 aromatic rings. The third-order valence-electron chi connectivity index (χ3n) is 5.47. The summed E-state index contributed by atoms with van der Waals surface area (Å²) in [6.07, 6.45) is 2.62. The van der Waals surface area contributed by atoms with E-state index >= 15 is 0 Å². The van der Waals surface area contributed by atoms with Crippen LogP contribution in [0.2, 0.25) is 5.02 Å². The fourth-order valence-electron chi connectivity index (χ4n) is 3.67. The van der Waals surface area contributed by atoms with Crippen LogP contribution < -0.4 is 4.74 Å². The highest BCUT2D eigenvalue weighted by molar-refractivity contribution is 7.89. The molecule has 8 heteroatoms. The zero-order valence-electron chi connectivity index (χ0n) is 17.7. The van der Waals surface area contributed by atoms with Gasteiger partial charge in [0, 0.05) is 24.2 Å². The summed E-state index contributed by atoms with van der Waals surface area (Å²) >= 11 is 6.17. The zero-order valence-corrected chi connectivity index (χ0v) is 19.3. The number of ketones is 1. The Hall–Kier alpha value is -3.00. The van der Waals surface area contributed by atoms with E-state index in [1.54, 1.807) is 36.4 Å². The summed E-state index contributed by atoms with van der Waals surface area (Å²) in [6, 6.07) is 19.0. The molecule has 0 aromatic heterocycles. The molecule has 0 amide bonds. The van der Waals surface area contributed by atoms with Crippen molar-refractivity contribution in [3.8, 4) is 5.75 Å². The molecule has 0 atom stereocenters. The van der Waals surface area contributed by atoms with Crippen molar-refractivity contribution >= 4 is 33.4 Å². The van der Waals surface area contributed by atoms with Gasteiger partial charge >= 0.3 is 5.97 Å². The van der Waals surface area contributed by atoms with Crippen molar-refractivity contribution in [3.63, 3.8) is 0 Å². The van der Waals surface area contributed by atoms with Gasteiger partial charge in [0.2, 0.25) is 10.0 Å². The molecule has 1 saturated heterocycles. The lowest BCUT2D eigenvalue weighted by Gasteiger charge is -2.26. The van der Waals surface area contributed by atoms with Gasteiger partial charge in [0.15, 0.2) is 5.78 Å². The van der Waals surface area contributed by atoms with Gasteiger partial charge in [0.1, 0.15) is 5.75 Å². The molecule has 0 N–H and O–H groups in total. The van der Waals surface area contributed by atoms with Crippen molar-refractivity contribution in [2.75, 3.05) is 13.1 Å². The first-order valence-corrected chi connectivity index (χ1v) is 12.4. The first-order valence-electron chi connectivity index (χ1n) is 10.6. The summed E-state index contributed by atoms with van der Waals surface area (Å²) in [5, 5.41) is 0.0912. The van der Waals surface area contributed by atoms with E-state index in [2.05, 4.69) is 0 Å². The summed E-state index contributed by atoms with van der Waals surface area (Å²) in [7, 11) is -3.72. The normalized spacial score (nSPS) is 14.6. The van der Waals surface area contributed by atoms with E-state index in [1.165, 1.54) is 34.6 Å². The molecule has 1 fully saturated rings. The SMILES string of the molecule is O=C(c1ccccc1)c1ccc(OC(=O)c2cc(S(=O)(=O)N3CCCCC3)ccc2Cl)cc1. The van der Waals surface area contributed by atoms with E-state index in [-0.39, 0.29) is 27.0 Å². The van der Waals surface area contributed by atoms with E-state index in [9.17, 15) is 18.0 Å². The fraction of sp³-hybridized carbons (Fsp3) is 0.200. The van der Waals surface area contributed by atoms with Gasteiger partial charge in [0.25, 0.3) is 0 Å². The molecule has 1 heterocycles. The number of halogens is 1. The average molecular weight is 484 g/mol. The number of carbonyl (C=O) groups is 2. The summed E-state index contributed by atoms with van der Waals surface area (Å²) in [6.45, 7) is 0.914. The molecular formula is C25H22ClNO5S. The van der Waals surface area contributed by atoms with E-state index in [0.29, 0.717) is 24.2 Å². The Kier molecular flexibility index (Phi) is 6.93. The minimum Gasteiger partial charge on any atom is -0.423 e. The largest absolute Gasteiger partial charge is 0.423 e. The molecule has 0 unspecified atom stereocenters. The Labute approximate surface area is 197 Å². The number of esters is 1. The van der Waals surface area contributed by atoms with E-state index in [1.807, 2.05) is 6.07 Å². The Morgan fingerprint density at radius 2 is 1.45 bits per heavy atom. The maximum absolute atomic E-state index is 12.9. The lowest BCUT2D eigenvalue weighted by molar-refractivity contribution is 0.0734. The topological polar surface area (TPSA) is 80.8 Å². The van der Waals surface area contributed by atoms with Crippen LogP contribution in [0.15, 0.2) is 77.7 Å². The van der Waals surface area contributed by atoms with Crippen molar-refractivity contribution in [2.24, 2.45) is 0 Å². The van der Waals surface area contributed by atoms with Gasteiger partial charge < -0.3 is 4.74 Å². The van der Waals surface area contributed by atoms with E-state index in [4.69, 9.17) is 16.3 Å². The van der Waals surface area contributed by atoms with Gasteiger partial charge in [-0.2, -0.15) is 4.31 Å². The van der Waals surface area contributed by atoms with Crippen LogP contribution in [0.5, 0.6) is 5.75 Å². The molecule has 170 valence electrons. The molecule has 1 aliphatic rings. The molecule has 0 radical (unpaired) electrons. The van der Waals surface area contributed by atoms with Crippen molar-refractivity contribution < 1.29 is 22.7 Å². The maximum Gasteiger partial charge on any atom is 0.345 e. The van der Waals surface area contributed by atoms with Crippen LogP contribution in [0, 0.1) is 0 Å². The molecule has 4 rings (SSSR count). The number of rotatable bonds is 6. The Morgan fingerprint density at radius 1 is 0.818 bits per heavy atom. The van der Waals surface area contributed by atoms with Crippen molar-refractivity contribution in [3.05, 3.63) is 94.5 Å². The fourth-order valence-corrected chi connectivity index (χ4v) is 5.41. The first kappa shape index (κ1) is 23.2. The lowest BCUT2D eigenvalue weighted by Crippen LogP contribution is -2.35. The number of sulfonamides is 1. The summed E-state index contributed by atoms with van der Waals surface area (Å²) in [4.78, 5) is 25.3. The minimum absolute atomic E-state index is 0.00422. The summed E-state index contributed by atoms with van der Waals surface area (Å²) < 4.78 is 32.7. The maximum atomic E-state index is 12.9. The number of nitrogens with zero attached hydrogens (tertiary/aromatic N) is 1. The smallest absolute Gasteiger partial charge is 0.345 e. The van der Waals surface area contributed by atoms with Crippen LogP contribution in [-0.4, -0.2) is 37.6 Å². The summed E-state index contributed by atoms with van der Waals surface area (Å²) in [5.41, 5.74) is 0.966. The molecule has 6 nitrogen and oxygen atoms in total. The van der Waals surface area contributed by atoms with E-state index < -0.39 is 16.0 Å². The minimum atomic E-state index is -3.72. The van der Waals surface area contributed by atoms with Crippen LogP contribution in [0.1, 0.15) is 45.5 Å². The number of benzene rings is 3. The van der Waals surface area contributed by atoms with Crippen LogP contribution in [0.3, 0.4) is 0 Å². The average Bonchev–Trinajstić information content (AvgIpc) is 2.85. The number of carbonyl (C=O) groups excluding carboxylic acids is 2. The lowest BCUT2D eigenvalue weighted by atomic mass is 10.0. The highest BCUT2D eigenvalue weighted by Crippen LogP contribution is 2.26. The number of piperidine rings is 1. The molecule has 33 heavy (non-hydrogen) atoms. The number of hydrogen-bond donors (Lipinski definition) is 0. The molecular weight excluding hydrogens is 462 g/mol. The standard InChI is InChI=1S/C25H22ClNO5S/c26-23-14-13-21(33(30,31)27-15-5-2-6-16-27)17-22(23)25(29)32-20-11-9-19(10-12-20)24(28)18-7-3-1-4-8-18/h1,3-4,7-14,17H,2,5-6,15-16H2. The third-order valence-corrected chi connectivity index (χ3v) is 7.70. The quantitative estimate of drug-likeness (QED) is 0.281. The van der Waals surface area contributed by atoms with Crippen LogP contribution >= 0.6 is 11.6 Å². The molecule has 1 aliphatic heterocycles. The predicted molar refractivity (Wildman–Crippen MR) is 125 cm³/mol. The van der Waals surface area contributed by atoms with Crippen molar-refractivity contribution in [1.29, 1.82) is 0 Å². The summed E-state index contributed by atoms with van der Waals surface area (Å²) in [5.74, 6) is -0.713. The second kappa shape index (κ2) is 9.87. The second-order valence-electron chi connectivity index (χ2n) is 7.72. The monoisotopic (exact) mass is 483 g/mol. The van der Waals surface area contributed by atoms with Gasteiger partial charge in [-0.15, -0.1) is 0 Å². The molecule has 3 aromatic carbocycles. The van der Waals surface area contributed by atoms with Crippen LogP contribution in [0.25, 0.3) is 0 Å². The molecule has 0 spiro atoms. The van der Waals surface area contributed by atoms with Gasteiger partial charge in [0.05, 0.1) is 15.5 Å². The van der Waals surface area contributed by atoms with Gasteiger partial charge in [-0.25, -0.2) is 13.2 Å². The van der Waals surface area contributed by atoms with Crippen molar-refractivity contribution in [1.82, 2.24) is 4.31 Å². The molecule has 0 saturated carbocycles. The van der Waals surface area contributed by atoms with Gasteiger partial charge in [-0.05, 0) is 55.3 Å². The Bertz CT molecular complexity index is 1270. The van der Waals surface area contributed by atoms with E-state index in [0.717, 1.165) is 19.3 Å². The van der Waals surface area contributed by atoms with Gasteiger partial charge in [-0.1, -0.05) is 48.4 Å². The number of hydrogen-bond acceptors (Lipinski definition) is 5. The van der Waals surface area contributed by atoms with Gasteiger partial charge in [-0.3, -0.25) is 4.79 Å². The Balaban J connectivity index is 1.51. The molecule has 0 bridgehead atoms. The Morgan fingerprint density at radius 3 is 2.12 bits per heavy atom. The third kappa shape index (κ3) is 5.16. The highest BCUT2D eigenvalue weighted by atomic mass is 35.5. The van der Waals surface area contributed by atoms with Crippen LogP contribution in [-0.2, 0) is 10.0 Å². The zero-order chi connectivity index (χ0) is 23.4. The van der Waals surface area contributed by atoms with Crippen molar-refractivity contribution in [2.45, 2.75) is 24.2 Å². The van der Waals surface area contributed by atoms with Crippen LogP contribution in [0.4, 0.5) is 0 Å². The highest BCUT2D eigenvalue weighted by Gasteiger charge is 2.27. The first-order chi connectivity index (χ1) is 15.9. The molecule has 0 aliphatic carbocycles. The predicted octanol–water partition coefficient (Wildman–Crippen LogP) is 4.96. The second-order valence-corrected chi connectivity index (χ2v) is 10.1.